The zero-order valence-electron chi connectivity index (χ0n) is 11.9. The summed E-state index contributed by atoms with van der Waals surface area (Å²) in [6.07, 6.45) is 4.57. The Balaban J connectivity index is 2.69. The van der Waals surface area contributed by atoms with E-state index in [0.717, 1.165) is 37.7 Å². The van der Waals surface area contributed by atoms with Crippen molar-refractivity contribution in [3.05, 3.63) is 35.4 Å². The molecule has 1 atom stereocenters. The molecule has 0 fully saturated rings. The number of esters is 1. The molecule has 0 bridgehead atoms. The summed E-state index contributed by atoms with van der Waals surface area (Å²) < 4.78 is 4.86. The third-order valence-electron chi connectivity index (χ3n) is 3.32. The maximum absolute atomic E-state index is 11.7. The minimum Gasteiger partial charge on any atom is -0.469 e. The van der Waals surface area contributed by atoms with Crippen LogP contribution in [0.4, 0.5) is 0 Å². The van der Waals surface area contributed by atoms with Crippen LogP contribution in [0.1, 0.15) is 49.7 Å². The lowest BCUT2D eigenvalue weighted by Gasteiger charge is -2.14. The van der Waals surface area contributed by atoms with Gasteiger partial charge in [0.05, 0.1) is 13.0 Å². The molecule has 0 aliphatic heterocycles. The molecule has 0 radical (unpaired) electrons. The average Bonchev–Trinajstić information content (AvgIpc) is 2.45. The van der Waals surface area contributed by atoms with E-state index in [0.29, 0.717) is 0 Å². The summed E-state index contributed by atoms with van der Waals surface area (Å²) in [6, 6.07) is 8.17. The predicted molar refractivity (Wildman–Crippen MR) is 76.1 cm³/mol. The molecule has 0 aliphatic rings. The second-order valence-electron chi connectivity index (χ2n) is 4.79. The fourth-order valence-corrected chi connectivity index (χ4v) is 2.21. The molecule has 19 heavy (non-hydrogen) atoms. The number of aryl methyl sites for hydroxylation is 1. The molecule has 0 unspecified atom stereocenters. The first-order chi connectivity index (χ1) is 9.22. The van der Waals surface area contributed by atoms with E-state index in [9.17, 15) is 4.79 Å². The van der Waals surface area contributed by atoms with E-state index >= 15 is 0 Å². The second-order valence-corrected chi connectivity index (χ2v) is 4.79. The molecular formula is C16H24O3. The number of rotatable bonds is 8. The van der Waals surface area contributed by atoms with Crippen molar-refractivity contribution in [3.8, 4) is 0 Å². The van der Waals surface area contributed by atoms with Crippen LogP contribution >= 0.6 is 0 Å². The number of carbonyl (C=O) groups is 1. The number of aliphatic hydroxyl groups excluding tert-OH is 1. The van der Waals surface area contributed by atoms with Gasteiger partial charge in [-0.1, -0.05) is 37.6 Å². The Morgan fingerprint density at radius 1 is 1.26 bits per heavy atom. The molecule has 1 rings (SSSR count). The smallest absolute Gasteiger partial charge is 0.313 e. The number of ether oxygens (including phenoxy) is 1. The number of carbonyl (C=O) groups excluding carboxylic acids is 1. The highest BCUT2D eigenvalue weighted by atomic mass is 16.5. The predicted octanol–water partition coefficient (Wildman–Crippen LogP) is 3.06. The highest BCUT2D eigenvalue weighted by Crippen LogP contribution is 2.23. The fourth-order valence-electron chi connectivity index (χ4n) is 2.21. The Morgan fingerprint density at radius 3 is 2.47 bits per heavy atom. The van der Waals surface area contributed by atoms with Crippen molar-refractivity contribution in [1.29, 1.82) is 0 Å². The van der Waals surface area contributed by atoms with Crippen molar-refractivity contribution in [3.63, 3.8) is 0 Å². The molecule has 106 valence electrons. The zero-order valence-corrected chi connectivity index (χ0v) is 11.9. The van der Waals surface area contributed by atoms with Gasteiger partial charge in [-0.25, -0.2) is 0 Å². The van der Waals surface area contributed by atoms with Gasteiger partial charge in [0, 0.05) is 6.61 Å². The van der Waals surface area contributed by atoms with Gasteiger partial charge in [0.2, 0.25) is 0 Å². The van der Waals surface area contributed by atoms with Crippen LogP contribution in [0.25, 0.3) is 0 Å². The van der Waals surface area contributed by atoms with Crippen LogP contribution in [0.15, 0.2) is 24.3 Å². The van der Waals surface area contributed by atoms with E-state index in [1.54, 1.807) is 0 Å². The van der Waals surface area contributed by atoms with Crippen LogP contribution in [0.2, 0.25) is 0 Å². The highest BCUT2D eigenvalue weighted by molar-refractivity contribution is 5.78. The van der Waals surface area contributed by atoms with Crippen molar-refractivity contribution >= 4 is 5.97 Å². The average molecular weight is 264 g/mol. The first-order valence-electron chi connectivity index (χ1n) is 7.00. The van der Waals surface area contributed by atoms with Crippen LogP contribution < -0.4 is 0 Å². The minimum atomic E-state index is -0.158. The Kier molecular flexibility index (Phi) is 7.19. The number of benzene rings is 1. The van der Waals surface area contributed by atoms with E-state index in [1.165, 1.54) is 12.7 Å². The molecule has 1 N–H and O–H groups in total. The number of aliphatic hydroxyl groups is 1. The molecule has 1 aromatic rings. The molecule has 0 saturated carbocycles. The van der Waals surface area contributed by atoms with Gasteiger partial charge < -0.3 is 9.84 Å². The Hall–Kier alpha value is -1.35. The normalized spacial score (nSPS) is 12.2. The van der Waals surface area contributed by atoms with Crippen LogP contribution in [0, 0.1) is 0 Å². The molecule has 3 heteroatoms. The summed E-state index contributed by atoms with van der Waals surface area (Å²) >= 11 is 0. The molecule has 1 aromatic carbocycles. The van der Waals surface area contributed by atoms with Gasteiger partial charge in [-0.2, -0.15) is 0 Å². The molecule has 0 amide bonds. The summed E-state index contributed by atoms with van der Waals surface area (Å²) in [7, 11) is 1.44. The number of unbranched alkanes of at least 4 members (excludes halogenated alkanes) is 1. The Bertz CT molecular complexity index is 370. The quantitative estimate of drug-likeness (QED) is 0.580. The SMILES string of the molecule is CCC[C@@H](C(=O)OC)c1ccc(CCCCO)cc1. The van der Waals surface area contributed by atoms with Gasteiger partial charge in [-0.3, -0.25) is 4.79 Å². The molecule has 0 aliphatic carbocycles. The summed E-state index contributed by atoms with van der Waals surface area (Å²) in [6.45, 7) is 2.32. The van der Waals surface area contributed by atoms with Crippen molar-refractivity contribution < 1.29 is 14.6 Å². The van der Waals surface area contributed by atoms with Gasteiger partial charge >= 0.3 is 5.97 Å². The minimum absolute atomic E-state index is 0.151. The lowest BCUT2D eigenvalue weighted by atomic mass is 9.93. The van der Waals surface area contributed by atoms with Gasteiger partial charge in [0.1, 0.15) is 0 Å². The zero-order chi connectivity index (χ0) is 14.1. The lowest BCUT2D eigenvalue weighted by Crippen LogP contribution is -2.14. The van der Waals surface area contributed by atoms with Gasteiger partial charge in [-0.05, 0) is 36.8 Å². The van der Waals surface area contributed by atoms with Crippen LogP contribution in [0.3, 0.4) is 0 Å². The fraction of sp³-hybridized carbons (Fsp3) is 0.562. The maximum atomic E-state index is 11.7. The molecule has 3 nitrogen and oxygen atoms in total. The largest absolute Gasteiger partial charge is 0.469 e. The van der Waals surface area contributed by atoms with Crippen molar-refractivity contribution in [2.45, 2.75) is 44.9 Å². The third-order valence-corrected chi connectivity index (χ3v) is 3.32. The third kappa shape index (κ3) is 5.03. The van der Waals surface area contributed by atoms with E-state index in [4.69, 9.17) is 9.84 Å². The van der Waals surface area contributed by atoms with Crippen molar-refractivity contribution in [2.75, 3.05) is 13.7 Å². The second kappa shape index (κ2) is 8.70. The molecule has 0 heterocycles. The Labute approximate surface area is 115 Å². The number of methoxy groups -OCH3 is 1. The van der Waals surface area contributed by atoms with E-state index in [1.807, 2.05) is 12.1 Å². The first kappa shape index (κ1) is 15.7. The van der Waals surface area contributed by atoms with E-state index in [2.05, 4.69) is 19.1 Å². The summed E-state index contributed by atoms with van der Waals surface area (Å²) in [5, 5.41) is 8.76. The van der Waals surface area contributed by atoms with Gasteiger partial charge in [0.15, 0.2) is 0 Å². The number of hydrogen-bond acceptors (Lipinski definition) is 3. The van der Waals surface area contributed by atoms with Crippen molar-refractivity contribution in [2.24, 2.45) is 0 Å². The topological polar surface area (TPSA) is 46.5 Å². The lowest BCUT2D eigenvalue weighted by molar-refractivity contribution is -0.142. The van der Waals surface area contributed by atoms with Gasteiger partial charge in [0.25, 0.3) is 0 Å². The Morgan fingerprint density at radius 2 is 1.95 bits per heavy atom. The van der Waals surface area contributed by atoms with Crippen LogP contribution in [-0.4, -0.2) is 24.8 Å². The van der Waals surface area contributed by atoms with E-state index in [-0.39, 0.29) is 18.5 Å². The number of hydrogen-bond donors (Lipinski definition) is 1. The summed E-state index contributed by atoms with van der Waals surface area (Å²) in [5.41, 5.74) is 2.27. The summed E-state index contributed by atoms with van der Waals surface area (Å²) in [4.78, 5) is 11.7. The van der Waals surface area contributed by atoms with E-state index < -0.39 is 0 Å². The van der Waals surface area contributed by atoms with Crippen molar-refractivity contribution in [1.82, 2.24) is 0 Å². The molecular weight excluding hydrogens is 240 g/mol. The van der Waals surface area contributed by atoms with Crippen LogP contribution in [0.5, 0.6) is 0 Å². The monoisotopic (exact) mass is 264 g/mol. The molecule has 0 spiro atoms. The van der Waals surface area contributed by atoms with Gasteiger partial charge in [-0.15, -0.1) is 0 Å². The molecule has 0 saturated heterocycles. The summed E-state index contributed by atoms with van der Waals surface area (Å²) in [5.74, 6) is -0.309. The molecule has 0 aromatic heterocycles. The maximum Gasteiger partial charge on any atom is 0.313 e. The van der Waals surface area contributed by atoms with Crippen LogP contribution in [-0.2, 0) is 16.0 Å². The standard InChI is InChI=1S/C16H24O3/c1-3-6-15(16(18)19-2)14-10-8-13(9-11-14)7-4-5-12-17/h8-11,15,17H,3-7,12H2,1-2H3/t15-/m1/s1. The highest BCUT2D eigenvalue weighted by Gasteiger charge is 2.19. The first-order valence-corrected chi connectivity index (χ1v) is 7.00.